The van der Waals surface area contributed by atoms with Gasteiger partial charge in [0.15, 0.2) is 5.65 Å². The molecule has 0 radical (unpaired) electrons. The van der Waals surface area contributed by atoms with E-state index in [0.29, 0.717) is 23.4 Å². The van der Waals surface area contributed by atoms with Gasteiger partial charge in [-0.25, -0.2) is 14.8 Å². The fraction of sp³-hybridized carbons (Fsp3) is 0.261. The fourth-order valence-corrected chi connectivity index (χ4v) is 4.45. The quantitative estimate of drug-likeness (QED) is 0.445. The number of aryl methyl sites for hydroxylation is 1. The SMILES string of the molecule is C#[N+]C1(n2nc(Cn3cnc4nc(C#N)cc(C)c4c3=O)oc2=O)CC(c2ccc(Cl)cc2)C1. The van der Waals surface area contributed by atoms with Crippen LogP contribution in [0.2, 0.25) is 5.02 Å². The molecule has 4 aromatic rings. The van der Waals surface area contributed by atoms with Gasteiger partial charge in [0.05, 0.1) is 18.2 Å². The molecule has 0 unspecified atom stereocenters. The molecule has 168 valence electrons. The summed E-state index contributed by atoms with van der Waals surface area (Å²) in [4.78, 5) is 37.8. The van der Waals surface area contributed by atoms with Gasteiger partial charge in [0, 0.05) is 10.9 Å². The topological polar surface area (TPSA) is 124 Å². The second kappa shape index (κ2) is 7.94. The normalized spacial score (nSPS) is 19.4. The molecule has 0 atom stereocenters. The molecule has 1 aromatic carbocycles. The molecule has 0 aliphatic heterocycles. The molecule has 1 saturated carbocycles. The van der Waals surface area contributed by atoms with Crippen LogP contribution in [0.3, 0.4) is 0 Å². The van der Waals surface area contributed by atoms with Gasteiger partial charge in [0.2, 0.25) is 5.89 Å². The van der Waals surface area contributed by atoms with Crippen LogP contribution in [0.25, 0.3) is 15.9 Å². The third kappa shape index (κ3) is 3.45. The van der Waals surface area contributed by atoms with Gasteiger partial charge in [0.25, 0.3) is 12.1 Å². The lowest BCUT2D eigenvalue weighted by Crippen LogP contribution is -2.47. The van der Waals surface area contributed by atoms with Crippen molar-refractivity contribution in [2.45, 2.75) is 37.9 Å². The summed E-state index contributed by atoms with van der Waals surface area (Å²) in [5.74, 6) is -0.555. The molecule has 0 bridgehead atoms. The maximum Gasteiger partial charge on any atom is 0.444 e. The van der Waals surface area contributed by atoms with Gasteiger partial charge in [-0.05, 0) is 36.2 Å². The zero-order valence-electron chi connectivity index (χ0n) is 18.0. The average molecular weight is 475 g/mol. The number of pyridine rings is 1. The van der Waals surface area contributed by atoms with Crippen LogP contribution in [0.15, 0.2) is 50.7 Å². The lowest BCUT2D eigenvalue weighted by Gasteiger charge is -2.34. The van der Waals surface area contributed by atoms with Crippen LogP contribution in [0.5, 0.6) is 0 Å². The maximum absolute atomic E-state index is 13.0. The Labute approximate surface area is 197 Å². The van der Waals surface area contributed by atoms with Gasteiger partial charge < -0.3 is 4.42 Å². The second-order valence-corrected chi connectivity index (χ2v) is 8.69. The number of hydrogen-bond donors (Lipinski definition) is 0. The minimum Gasteiger partial charge on any atom is -0.390 e. The third-order valence-electron chi connectivity index (χ3n) is 6.12. The van der Waals surface area contributed by atoms with Crippen molar-refractivity contribution >= 4 is 22.6 Å². The Morgan fingerprint density at radius 2 is 2.06 bits per heavy atom. The van der Waals surface area contributed by atoms with E-state index in [4.69, 9.17) is 27.9 Å². The van der Waals surface area contributed by atoms with Crippen molar-refractivity contribution in [3.63, 3.8) is 0 Å². The molecule has 0 N–H and O–H groups in total. The lowest BCUT2D eigenvalue weighted by atomic mass is 9.71. The van der Waals surface area contributed by atoms with E-state index in [9.17, 15) is 9.59 Å². The Balaban J connectivity index is 1.43. The van der Waals surface area contributed by atoms with Gasteiger partial charge in [-0.3, -0.25) is 9.36 Å². The third-order valence-corrected chi connectivity index (χ3v) is 6.38. The highest BCUT2D eigenvalue weighted by Crippen LogP contribution is 2.50. The van der Waals surface area contributed by atoms with Crippen LogP contribution in [-0.2, 0) is 12.2 Å². The van der Waals surface area contributed by atoms with Gasteiger partial charge >= 0.3 is 11.4 Å². The number of nitriles is 1. The standard InChI is InChI=1S/C23H17ClN7O3/c1-13-7-17(10-25)28-20-19(13)21(32)30(12-27-20)11-18-29-31(22(33)34-18)23(26-2)8-15(9-23)14-3-5-16(24)6-4-14/h2-7,12,15H,8-9,11H2,1H3/q+1. The molecule has 34 heavy (non-hydrogen) atoms. The van der Waals surface area contributed by atoms with Gasteiger partial charge in [-0.15, -0.1) is 9.78 Å². The van der Waals surface area contributed by atoms with Gasteiger partial charge in [0.1, 0.15) is 24.6 Å². The highest BCUT2D eigenvalue weighted by molar-refractivity contribution is 6.30. The Morgan fingerprint density at radius 3 is 2.74 bits per heavy atom. The van der Waals surface area contributed by atoms with Crippen molar-refractivity contribution in [1.29, 1.82) is 5.26 Å². The highest BCUT2D eigenvalue weighted by Gasteiger charge is 2.58. The number of halogens is 1. The van der Waals surface area contributed by atoms with Crippen LogP contribution in [-0.4, -0.2) is 24.3 Å². The maximum atomic E-state index is 13.0. The summed E-state index contributed by atoms with van der Waals surface area (Å²) >= 11 is 5.96. The monoisotopic (exact) mass is 474 g/mol. The zero-order valence-corrected chi connectivity index (χ0v) is 18.7. The molecule has 0 spiro atoms. The Morgan fingerprint density at radius 1 is 1.32 bits per heavy atom. The van der Waals surface area contributed by atoms with Crippen molar-refractivity contribution in [2.24, 2.45) is 0 Å². The number of nitrogens with zero attached hydrogens (tertiary/aromatic N) is 7. The molecule has 3 aromatic heterocycles. The Bertz CT molecular complexity index is 1630. The van der Waals surface area contributed by atoms with E-state index in [2.05, 4.69) is 19.9 Å². The first-order valence-corrected chi connectivity index (χ1v) is 10.8. The molecule has 3 heterocycles. The first-order valence-electron chi connectivity index (χ1n) is 10.4. The van der Waals surface area contributed by atoms with Crippen molar-refractivity contribution in [1.82, 2.24) is 24.3 Å². The molecule has 11 heteroatoms. The smallest absolute Gasteiger partial charge is 0.390 e. The molecule has 1 aliphatic rings. The van der Waals surface area contributed by atoms with E-state index in [1.54, 1.807) is 6.92 Å². The summed E-state index contributed by atoms with van der Waals surface area (Å²) in [7, 11) is 0. The Hall–Kier alpha value is -4.28. The first kappa shape index (κ1) is 21.6. The van der Waals surface area contributed by atoms with Crippen molar-refractivity contribution < 1.29 is 4.42 Å². The van der Waals surface area contributed by atoms with Gasteiger partial charge in [-0.2, -0.15) is 5.26 Å². The van der Waals surface area contributed by atoms with Crippen LogP contribution >= 0.6 is 11.6 Å². The molecular weight excluding hydrogens is 458 g/mol. The summed E-state index contributed by atoms with van der Waals surface area (Å²) in [6, 6.07) is 10.9. The average Bonchev–Trinajstić information content (AvgIpc) is 3.16. The van der Waals surface area contributed by atoms with Gasteiger partial charge in [-0.1, -0.05) is 28.6 Å². The Kier molecular flexibility index (Phi) is 5.03. The molecule has 0 saturated heterocycles. The summed E-state index contributed by atoms with van der Waals surface area (Å²) in [6.07, 6.45) is 2.22. The molecule has 0 amide bonds. The van der Waals surface area contributed by atoms with Crippen LogP contribution in [0, 0.1) is 24.8 Å². The predicted octanol–water partition coefficient (Wildman–Crippen LogP) is 3.02. The van der Waals surface area contributed by atoms with E-state index in [1.165, 1.54) is 17.0 Å². The molecular formula is C23H17ClN7O3+. The number of fused-ring (bicyclic) bond motifs is 1. The number of hydrogen-bond acceptors (Lipinski definition) is 7. The van der Waals surface area contributed by atoms with E-state index >= 15 is 0 Å². The summed E-state index contributed by atoms with van der Waals surface area (Å²) in [5.41, 5.74) is 0.577. The molecule has 1 fully saturated rings. The van der Waals surface area contributed by atoms with Crippen LogP contribution in [0.1, 0.15) is 41.5 Å². The van der Waals surface area contributed by atoms with E-state index in [1.807, 2.05) is 30.3 Å². The van der Waals surface area contributed by atoms with E-state index in [-0.39, 0.29) is 40.6 Å². The fourth-order valence-electron chi connectivity index (χ4n) is 4.33. The summed E-state index contributed by atoms with van der Waals surface area (Å²) < 4.78 is 7.72. The highest BCUT2D eigenvalue weighted by atomic mass is 35.5. The summed E-state index contributed by atoms with van der Waals surface area (Å²) in [5, 5.41) is 14.3. The first-order chi connectivity index (χ1) is 16.3. The number of benzene rings is 1. The second-order valence-electron chi connectivity index (χ2n) is 8.25. The van der Waals surface area contributed by atoms with Crippen molar-refractivity contribution in [2.75, 3.05) is 0 Å². The number of rotatable bonds is 4. The molecule has 1 aliphatic carbocycles. The zero-order chi connectivity index (χ0) is 24.0. The minimum atomic E-state index is -1.02. The molecule has 5 rings (SSSR count). The van der Waals surface area contributed by atoms with E-state index in [0.717, 1.165) is 10.2 Å². The number of aromatic nitrogens is 5. The van der Waals surface area contributed by atoms with Crippen LogP contribution < -0.4 is 11.3 Å². The lowest BCUT2D eigenvalue weighted by molar-refractivity contribution is 0.140. The van der Waals surface area contributed by atoms with Crippen molar-refractivity contribution in [3.05, 3.63) is 90.1 Å². The van der Waals surface area contributed by atoms with Crippen LogP contribution in [0.4, 0.5) is 0 Å². The van der Waals surface area contributed by atoms with Crippen molar-refractivity contribution in [3.8, 4) is 12.6 Å². The van der Waals surface area contributed by atoms with E-state index < -0.39 is 11.4 Å². The minimum absolute atomic E-state index is 0.0190. The molecule has 10 nitrogen and oxygen atoms in total. The largest absolute Gasteiger partial charge is 0.444 e. The summed E-state index contributed by atoms with van der Waals surface area (Å²) in [6.45, 7) is 7.27. The predicted molar refractivity (Wildman–Crippen MR) is 123 cm³/mol.